The number of aromatic nitrogens is 2. The number of rotatable bonds is 5. The summed E-state index contributed by atoms with van der Waals surface area (Å²) >= 11 is 0. The van der Waals surface area contributed by atoms with E-state index in [4.69, 9.17) is 0 Å². The second-order valence-corrected chi connectivity index (χ2v) is 7.76. The highest BCUT2D eigenvalue weighted by atomic mass is 16.3. The number of phenolic OH excluding ortho intramolecular Hbond substituents is 1. The Balaban J connectivity index is 1.82. The van der Waals surface area contributed by atoms with E-state index in [-0.39, 0.29) is 11.8 Å². The Hall–Kier alpha value is -3.40. The van der Waals surface area contributed by atoms with Crippen molar-refractivity contribution in [3.8, 4) is 5.75 Å². The van der Waals surface area contributed by atoms with Crippen LogP contribution in [0.1, 0.15) is 48.1 Å². The Morgan fingerprint density at radius 2 is 1.72 bits per heavy atom. The fourth-order valence-electron chi connectivity index (χ4n) is 3.61. The predicted octanol–water partition coefficient (Wildman–Crippen LogP) is 5.39. The number of nitrogens with one attached hydrogen (secondary N) is 2. The van der Waals surface area contributed by atoms with Crippen LogP contribution in [0, 0.1) is 6.92 Å². The van der Waals surface area contributed by atoms with Crippen molar-refractivity contribution in [2.75, 3.05) is 5.32 Å². The maximum absolute atomic E-state index is 11.0. The Morgan fingerprint density at radius 3 is 2.45 bits per heavy atom. The van der Waals surface area contributed by atoms with Crippen molar-refractivity contribution in [2.45, 2.75) is 32.7 Å². The number of hydrogen-bond donors (Lipinski definition) is 2. The quantitative estimate of drug-likeness (QED) is 0.485. The van der Waals surface area contributed by atoms with Crippen LogP contribution in [0.3, 0.4) is 0 Å². The monoisotopic (exact) mass is 384 g/mol. The summed E-state index contributed by atoms with van der Waals surface area (Å²) in [6.45, 7) is 6.43. The Labute approximate surface area is 171 Å². The van der Waals surface area contributed by atoms with E-state index in [0.717, 1.165) is 27.9 Å². The minimum absolute atomic E-state index is 0.209. The number of phenols is 1. The minimum atomic E-state index is -0.222. The van der Waals surface area contributed by atoms with Gasteiger partial charge >= 0.3 is 0 Å². The van der Waals surface area contributed by atoms with E-state index >= 15 is 0 Å². The van der Waals surface area contributed by atoms with E-state index in [1.165, 1.54) is 5.56 Å². The first-order valence-corrected chi connectivity index (χ1v) is 9.94. The van der Waals surface area contributed by atoms with E-state index in [9.17, 15) is 5.11 Å². The summed E-state index contributed by atoms with van der Waals surface area (Å²) in [5.74, 6) is 1.57. The first kappa shape index (κ1) is 18.9. The van der Waals surface area contributed by atoms with E-state index in [1.54, 1.807) is 6.20 Å². The number of pyridine rings is 2. The molecule has 0 aliphatic carbocycles. The number of aromatic amines is 1. The van der Waals surface area contributed by atoms with Crippen molar-refractivity contribution in [2.24, 2.45) is 0 Å². The lowest BCUT2D eigenvalue weighted by atomic mass is 9.93. The molecule has 4 heteroatoms. The summed E-state index contributed by atoms with van der Waals surface area (Å²) in [6.07, 6.45) is 3.62. The third kappa shape index (κ3) is 3.92. The molecule has 4 aromatic rings. The average molecular weight is 385 g/mol. The molecule has 2 aromatic heterocycles. The van der Waals surface area contributed by atoms with Crippen LogP contribution in [-0.4, -0.2) is 10.1 Å². The molecule has 0 bridgehead atoms. The zero-order chi connectivity index (χ0) is 20.4. The summed E-state index contributed by atoms with van der Waals surface area (Å²) in [5.41, 5.74) is 4.94. The fraction of sp³-hybridized carbons (Fsp3) is 0.200. The molecule has 0 spiro atoms. The number of aromatic hydroxyl groups is 1. The van der Waals surface area contributed by atoms with Crippen LogP contribution in [-0.2, 0) is 0 Å². The third-order valence-corrected chi connectivity index (χ3v) is 5.28. The molecule has 4 rings (SSSR count). The van der Waals surface area contributed by atoms with E-state index < -0.39 is 0 Å². The molecule has 0 aliphatic rings. The van der Waals surface area contributed by atoms with Crippen molar-refractivity contribution < 1.29 is 10.1 Å². The topological polar surface area (TPSA) is 59.3 Å². The molecule has 0 saturated heterocycles. The molecular weight excluding hydrogens is 358 g/mol. The molecule has 0 radical (unpaired) electrons. The van der Waals surface area contributed by atoms with Crippen LogP contribution < -0.4 is 10.3 Å². The maximum atomic E-state index is 11.0. The Bertz CT molecular complexity index is 1140. The van der Waals surface area contributed by atoms with E-state index in [0.29, 0.717) is 11.4 Å². The fourth-order valence-corrected chi connectivity index (χ4v) is 3.61. The van der Waals surface area contributed by atoms with Gasteiger partial charge in [0, 0.05) is 28.8 Å². The molecule has 146 valence electrons. The van der Waals surface area contributed by atoms with Crippen molar-refractivity contribution in [3.05, 3.63) is 95.3 Å². The van der Waals surface area contributed by atoms with Gasteiger partial charge in [-0.1, -0.05) is 50.2 Å². The molecule has 0 amide bonds. The molecule has 29 heavy (non-hydrogen) atoms. The van der Waals surface area contributed by atoms with Gasteiger partial charge in [0.15, 0.2) is 0 Å². The highest BCUT2D eigenvalue weighted by molar-refractivity contribution is 5.86. The maximum Gasteiger partial charge on any atom is 0.273 e. The molecule has 4 nitrogen and oxygen atoms in total. The molecule has 0 saturated carbocycles. The largest absolute Gasteiger partial charge is 0.505 e. The van der Waals surface area contributed by atoms with Crippen molar-refractivity contribution >= 4 is 16.7 Å². The molecule has 1 atom stereocenters. The highest BCUT2D eigenvalue weighted by Gasteiger charge is 2.24. The van der Waals surface area contributed by atoms with E-state index in [1.807, 2.05) is 36.5 Å². The number of aryl methyl sites for hydroxylation is 1. The molecule has 2 heterocycles. The van der Waals surface area contributed by atoms with Crippen LogP contribution in [0.25, 0.3) is 10.9 Å². The molecular formula is C25H26N3O+. The van der Waals surface area contributed by atoms with Gasteiger partial charge in [0.05, 0.1) is 6.20 Å². The first-order chi connectivity index (χ1) is 14.0. The van der Waals surface area contributed by atoms with Crippen molar-refractivity contribution in [3.63, 3.8) is 0 Å². The summed E-state index contributed by atoms with van der Waals surface area (Å²) in [4.78, 5) is 7.65. The predicted molar refractivity (Wildman–Crippen MR) is 117 cm³/mol. The summed E-state index contributed by atoms with van der Waals surface area (Å²) < 4.78 is 0. The SMILES string of the molecule is Cc1cc[nH+]c(N[C@H](c2ccc(C(C)C)cc2)c2ccc3cccnc3c2O)c1. The zero-order valence-electron chi connectivity index (χ0n) is 17.0. The Morgan fingerprint density at radius 1 is 0.966 bits per heavy atom. The zero-order valence-corrected chi connectivity index (χ0v) is 17.0. The van der Waals surface area contributed by atoms with Gasteiger partial charge in [-0.2, -0.15) is 0 Å². The standard InChI is InChI=1S/C25H25N3O/c1-16(2)18-6-8-20(9-7-18)23(28-22-15-17(3)12-14-26-22)21-11-10-19-5-4-13-27-24(19)25(21)29/h4-16,23,29H,1-3H3,(H,26,28)/p+1/t23-/m1/s1. The lowest BCUT2D eigenvalue weighted by molar-refractivity contribution is -0.361. The van der Waals surface area contributed by atoms with Gasteiger partial charge in [-0.15, -0.1) is 0 Å². The highest BCUT2D eigenvalue weighted by Crippen LogP contribution is 2.36. The third-order valence-electron chi connectivity index (χ3n) is 5.28. The number of anilines is 1. The van der Waals surface area contributed by atoms with Gasteiger partial charge < -0.3 is 5.11 Å². The van der Waals surface area contributed by atoms with Crippen molar-refractivity contribution in [1.29, 1.82) is 0 Å². The summed E-state index contributed by atoms with van der Waals surface area (Å²) in [7, 11) is 0. The number of benzene rings is 2. The molecule has 2 aromatic carbocycles. The summed E-state index contributed by atoms with van der Waals surface area (Å²) in [6, 6.07) is 20.3. The van der Waals surface area contributed by atoms with Gasteiger partial charge in [-0.25, -0.2) is 4.98 Å². The molecule has 0 unspecified atom stereocenters. The lowest BCUT2D eigenvalue weighted by Gasteiger charge is -2.18. The number of hydrogen-bond acceptors (Lipinski definition) is 3. The number of H-pyrrole nitrogens is 1. The van der Waals surface area contributed by atoms with Gasteiger partial charge in [0.1, 0.15) is 17.3 Å². The van der Waals surface area contributed by atoms with Gasteiger partial charge in [0.25, 0.3) is 5.82 Å². The van der Waals surface area contributed by atoms with Crippen LogP contribution >= 0.6 is 0 Å². The second kappa shape index (κ2) is 7.92. The number of fused-ring (bicyclic) bond motifs is 1. The van der Waals surface area contributed by atoms with Gasteiger partial charge in [0.2, 0.25) is 0 Å². The minimum Gasteiger partial charge on any atom is -0.505 e. The smallest absolute Gasteiger partial charge is 0.273 e. The van der Waals surface area contributed by atoms with Crippen LogP contribution in [0.4, 0.5) is 5.82 Å². The van der Waals surface area contributed by atoms with Crippen LogP contribution in [0.15, 0.2) is 73.1 Å². The second-order valence-electron chi connectivity index (χ2n) is 7.76. The first-order valence-electron chi connectivity index (χ1n) is 9.94. The average Bonchev–Trinajstić information content (AvgIpc) is 2.73. The van der Waals surface area contributed by atoms with Gasteiger partial charge in [-0.3, -0.25) is 10.3 Å². The lowest BCUT2D eigenvalue weighted by Crippen LogP contribution is -2.19. The van der Waals surface area contributed by atoms with Crippen molar-refractivity contribution in [1.82, 2.24) is 4.98 Å². The van der Waals surface area contributed by atoms with Crippen LogP contribution in [0.2, 0.25) is 0 Å². The molecule has 0 fully saturated rings. The molecule has 0 aliphatic heterocycles. The molecule has 3 N–H and O–H groups in total. The Kier molecular flexibility index (Phi) is 5.17. The number of nitrogens with zero attached hydrogens (tertiary/aromatic N) is 1. The van der Waals surface area contributed by atoms with Crippen LogP contribution in [0.5, 0.6) is 5.75 Å². The van der Waals surface area contributed by atoms with Gasteiger partial charge in [-0.05, 0) is 42.2 Å². The normalized spacial score (nSPS) is 12.3. The summed E-state index contributed by atoms with van der Waals surface area (Å²) in [5, 5.41) is 15.5. The van der Waals surface area contributed by atoms with E-state index in [2.05, 4.69) is 66.4 Å².